The van der Waals surface area contributed by atoms with Crippen molar-refractivity contribution in [1.82, 2.24) is 5.32 Å². The normalized spacial score (nSPS) is 21.2. The van der Waals surface area contributed by atoms with Crippen LogP contribution < -0.4 is 15.8 Å². The van der Waals surface area contributed by atoms with E-state index in [1.165, 1.54) is 0 Å². The topological polar surface area (TPSA) is 84.6 Å². The van der Waals surface area contributed by atoms with E-state index in [1.54, 1.807) is 0 Å². The Bertz CT molecular complexity index is 507. The minimum Gasteiger partial charge on any atom is -0.491 e. The van der Waals surface area contributed by atoms with E-state index in [9.17, 15) is 9.90 Å². The highest BCUT2D eigenvalue weighted by atomic mass is 35.5. The lowest BCUT2D eigenvalue weighted by Crippen LogP contribution is -2.37. The molecular weight excluding hydrogens is 328 g/mol. The van der Waals surface area contributed by atoms with E-state index in [-0.39, 0.29) is 42.8 Å². The van der Waals surface area contributed by atoms with Crippen molar-refractivity contribution in [3.8, 4) is 5.75 Å². The number of aliphatic hydroxyl groups is 1. The van der Waals surface area contributed by atoms with Crippen LogP contribution in [0.25, 0.3) is 0 Å². The predicted octanol–water partition coefficient (Wildman–Crippen LogP) is 2.42. The van der Waals surface area contributed by atoms with E-state index in [1.807, 2.05) is 38.1 Å². The van der Waals surface area contributed by atoms with Gasteiger partial charge in [0, 0.05) is 12.5 Å². The fourth-order valence-electron chi connectivity index (χ4n) is 3.15. The van der Waals surface area contributed by atoms with Gasteiger partial charge in [-0.25, -0.2) is 0 Å². The molecule has 0 bridgehead atoms. The third-order valence-corrected chi connectivity index (χ3v) is 4.40. The van der Waals surface area contributed by atoms with Gasteiger partial charge in [-0.3, -0.25) is 4.79 Å². The number of hydrogen-bond donors (Lipinski definition) is 3. The molecule has 2 rings (SSSR count). The first-order valence-electron chi connectivity index (χ1n) is 8.43. The highest BCUT2D eigenvalue weighted by Gasteiger charge is 2.31. The predicted molar refractivity (Wildman–Crippen MR) is 97.3 cm³/mol. The lowest BCUT2D eigenvalue weighted by Gasteiger charge is -2.19. The second-order valence-electron chi connectivity index (χ2n) is 6.53. The summed E-state index contributed by atoms with van der Waals surface area (Å²) < 4.78 is 5.58. The molecule has 5 nitrogen and oxygen atoms in total. The van der Waals surface area contributed by atoms with E-state index in [4.69, 9.17) is 10.5 Å². The molecule has 24 heavy (non-hydrogen) atoms. The van der Waals surface area contributed by atoms with Crippen LogP contribution in [0.15, 0.2) is 24.3 Å². The molecule has 1 aliphatic carbocycles. The summed E-state index contributed by atoms with van der Waals surface area (Å²) in [4.78, 5) is 12.2. The van der Waals surface area contributed by atoms with Gasteiger partial charge in [0.2, 0.25) is 5.91 Å². The highest BCUT2D eigenvalue weighted by Crippen LogP contribution is 2.31. The van der Waals surface area contributed by atoms with Crippen LogP contribution in [0.1, 0.15) is 44.8 Å². The SMILES string of the molecule is CC(C)Oc1ccc(C(O)CNC(=O)[C@@H]2CCC[C@@H]2CN)cc1.Cl. The Kier molecular flexibility index (Phi) is 8.53. The largest absolute Gasteiger partial charge is 0.491 e. The Labute approximate surface area is 150 Å². The summed E-state index contributed by atoms with van der Waals surface area (Å²) in [6.45, 7) is 4.71. The Morgan fingerprint density at radius 3 is 2.58 bits per heavy atom. The van der Waals surface area contributed by atoms with Gasteiger partial charge in [-0.1, -0.05) is 18.6 Å². The zero-order valence-electron chi connectivity index (χ0n) is 14.4. The van der Waals surface area contributed by atoms with Crippen LogP contribution in [0, 0.1) is 11.8 Å². The van der Waals surface area contributed by atoms with Gasteiger partial charge < -0.3 is 20.9 Å². The Morgan fingerprint density at radius 1 is 1.33 bits per heavy atom. The van der Waals surface area contributed by atoms with E-state index in [2.05, 4.69) is 5.32 Å². The molecule has 1 amide bonds. The molecule has 0 aliphatic heterocycles. The average Bonchev–Trinajstić information content (AvgIpc) is 3.01. The second-order valence-corrected chi connectivity index (χ2v) is 6.53. The van der Waals surface area contributed by atoms with Gasteiger partial charge in [0.25, 0.3) is 0 Å². The maximum atomic E-state index is 12.2. The first-order valence-corrected chi connectivity index (χ1v) is 8.43. The highest BCUT2D eigenvalue weighted by molar-refractivity contribution is 5.85. The number of carbonyl (C=O) groups is 1. The van der Waals surface area contributed by atoms with Crippen LogP contribution in [0.4, 0.5) is 0 Å². The van der Waals surface area contributed by atoms with Crippen molar-refractivity contribution in [1.29, 1.82) is 0 Å². The number of amides is 1. The van der Waals surface area contributed by atoms with Gasteiger partial charge in [0.1, 0.15) is 5.75 Å². The van der Waals surface area contributed by atoms with Crippen LogP contribution in [0.2, 0.25) is 0 Å². The number of benzene rings is 1. The van der Waals surface area contributed by atoms with Crippen molar-refractivity contribution in [2.75, 3.05) is 13.1 Å². The fraction of sp³-hybridized carbons (Fsp3) is 0.611. The minimum atomic E-state index is -0.718. The molecule has 0 heterocycles. The molecule has 3 atom stereocenters. The van der Waals surface area contributed by atoms with Crippen molar-refractivity contribution < 1.29 is 14.6 Å². The van der Waals surface area contributed by atoms with Crippen molar-refractivity contribution >= 4 is 18.3 Å². The molecule has 1 fully saturated rings. The molecule has 0 spiro atoms. The van der Waals surface area contributed by atoms with Gasteiger partial charge in [0.05, 0.1) is 12.2 Å². The molecule has 1 aliphatic rings. The molecule has 0 radical (unpaired) electrons. The van der Waals surface area contributed by atoms with E-state index < -0.39 is 6.10 Å². The van der Waals surface area contributed by atoms with E-state index in [0.717, 1.165) is 30.6 Å². The molecule has 6 heteroatoms. The van der Waals surface area contributed by atoms with Gasteiger partial charge in [-0.05, 0) is 56.8 Å². The van der Waals surface area contributed by atoms with Crippen LogP contribution in [0.3, 0.4) is 0 Å². The van der Waals surface area contributed by atoms with Crippen molar-refractivity contribution in [3.05, 3.63) is 29.8 Å². The number of aliphatic hydroxyl groups excluding tert-OH is 1. The van der Waals surface area contributed by atoms with E-state index in [0.29, 0.717) is 6.54 Å². The number of carbonyl (C=O) groups excluding carboxylic acids is 1. The number of halogens is 1. The zero-order valence-corrected chi connectivity index (χ0v) is 15.2. The molecular formula is C18H29ClN2O3. The fourth-order valence-corrected chi connectivity index (χ4v) is 3.15. The van der Waals surface area contributed by atoms with Gasteiger partial charge in [-0.15, -0.1) is 12.4 Å². The number of nitrogens with one attached hydrogen (secondary N) is 1. The van der Waals surface area contributed by atoms with Gasteiger partial charge >= 0.3 is 0 Å². The number of ether oxygens (including phenoxy) is 1. The summed E-state index contributed by atoms with van der Waals surface area (Å²) in [6.07, 6.45) is 2.37. The molecule has 1 aromatic rings. The molecule has 1 unspecified atom stereocenters. The summed E-state index contributed by atoms with van der Waals surface area (Å²) in [5, 5.41) is 13.1. The van der Waals surface area contributed by atoms with Crippen LogP contribution >= 0.6 is 12.4 Å². The van der Waals surface area contributed by atoms with Crippen LogP contribution in [-0.4, -0.2) is 30.2 Å². The third-order valence-electron chi connectivity index (χ3n) is 4.40. The average molecular weight is 357 g/mol. The Hall–Kier alpha value is -1.30. The van der Waals surface area contributed by atoms with Crippen molar-refractivity contribution in [2.24, 2.45) is 17.6 Å². The molecule has 0 aromatic heterocycles. The van der Waals surface area contributed by atoms with Gasteiger partial charge in [-0.2, -0.15) is 0 Å². The summed E-state index contributed by atoms with van der Waals surface area (Å²) >= 11 is 0. The molecule has 136 valence electrons. The van der Waals surface area contributed by atoms with Crippen molar-refractivity contribution in [3.63, 3.8) is 0 Å². The number of hydrogen-bond acceptors (Lipinski definition) is 4. The maximum Gasteiger partial charge on any atom is 0.223 e. The third kappa shape index (κ3) is 5.65. The molecule has 4 N–H and O–H groups in total. The van der Waals surface area contributed by atoms with E-state index >= 15 is 0 Å². The van der Waals surface area contributed by atoms with Crippen LogP contribution in [0.5, 0.6) is 5.75 Å². The maximum absolute atomic E-state index is 12.2. The summed E-state index contributed by atoms with van der Waals surface area (Å²) in [5.41, 5.74) is 6.48. The Morgan fingerprint density at radius 2 is 2.00 bits per heavy atom. The van der Waals surface area contributed by atoms with Gasteiger partial charge in [0.15, 0.2) is 0 Å². The summed E-state index contributed by atoms with van der Waals surface area (Å²) in [7, 11) is 0. The number of nitrogens with two attached hydrogens (primary N) is 1. The zero-order chi connectivity index (χ0) is 16.8. The molecule has 1 aromatic carbocycles. The lowest BCUT2D eigenvalue weighted by molar-refractivity contribution is -0.126. The summed E-state index contributed by atoms with van der Waals surface area (Å²) in [5.74, 6) is 1.06. The Balaban J connectivity index is 0.00000288. The smallest absolute Gasteiger partial charge is 0.223 e. The standard InChI is InChI=1S/C18H28N2O3.ClH/c1-12(2)23-15-8-6-13(7-9-15)17(21)11-20-18(22)16-5-3-4-14(16)10-19;/h6-9,12,14,16-17,21H,3-5,10-11,19H2,1-2H3,(H,20,22);1H/t14-,16-,17?;/m1./s1. The van der Waals surface area contributed by atoms with Crippen molar-refractivity contribution in [2.45, 2.75) is 45.3 Å². The molecule has 0 saturated heterocycles. The quantitative estimate of drug-likeness (QED) is 0.700. The first-order chi connectivity index (χ1) is 11.0. The molecule has 1 saturated carbocycles. The monoisotopic (exact) mass is 356 g/mol. The minimum absolute atomic E-state index is 0. The van der Waals surface area contributed by atoms with Crippen LogP contribution in [-0.2, 0) is 4.79 Å². The number of rotatable bonds is 7. The first kappa shape index (κ1) is 20.7. The summed E-state index contributed by atoms with van der Waals surface area (Å²) in [6, 6.07) is 7.32. The second kappa shape index (κ2) is 9.87. The lowest BCUT2D eigenvalue weighted by atomic mass is 9.95.